The molecule has 23 heavy (non-hydrogen) atoms. The Labute approximate surface area is 143 Å². The van der Waals surface area contributed by atoms with Crippen molar-refractivity contribution in [3.8, 4) is 0 Å². The molecule has 5 nitrogen and oxygen atoms in total. The van der Waals surface area contributed by atoms with E-state index >= 15 is 0 Å². The number of benzene rings is 1. The van der Waals surface area contributed by atoms with Crippen LogP contribution in [0.3, 0.4) is 0 Å². The summed E-state index contributed by atoms with van der Waals surface area (Å²) in [7, 11) is 0. The number of anilines is 1. The van der Waals surface area contributed by atoms with Gasteiger partial charge in [-0.1, -0.05) is 0 Å². The van der Waals surface area contributed by atoms with Crippen molar-refractivity contribution in [2.45, 2.75) is 32.6 Å². The number of esters is 1. The molecule has 0 aromatic heterocycles. The minimum Gasteiger partial charge on any atom is -0.462 e. The van der Waals surface area contributed by atoms with Gasteiger partial charge in [0.25, 0.3) is 0 Å². The Bertz CT molecular complexity index is 499. The fourth-order valence-corrected chi connectivity index (χ4v) is 2.63. The van der Waals surface area contributed by atoms with Crippen molar-refractivity contribution in [1.29, 1.82) is 0 Å². The van der Waals surface area contributed by atoms with Crippen molar-refractivity contribution in [2.24, 2.45) is 5.92 Å². The Morgan fingerprint density at radius 2 is 1.87 bits per heavy atom. The van der Waals surface area contributed by atoms with Gasteiger partial charge >= 0.3 is 5.97 Å². The molecule has 2 rings (SSSR count). The first kappa shape index (κ1) is 19.5. The van der Waals surface area contributed by atoms with Gasteiger partial charge in [-0.3, -0.25) is 4.79 Å². The molecule has 0 spiro atoms. The molecule has 1 amide bonds. The highest BCUT2D eigenvalue weighted by Crippen LogP contribution is 2.18. The zero-order chi connectivity index (χ0) is 15.8. The molecule has 0 bridgehead atoms. The monoisotopic (exact) mass is 340 g/mol. The van der Waals surface area contributed by atoms with Crippen LogP contribution in [0.25, 0.3) is 0 Å². The molecule has 128 valence electrons. The third-order valence-corrected chi connectivity index (χ3v) is 3.92. The van der Waals surface area contributed by atoms with Crippen LogP contribution in [0.15, 0.2) is 24.3 Å². The molecule has 6 heteroatoms. The standard InChI is InChI=1S/C17H24N2O3.ClH/c1-2-22-17(21)14-4-6-15(7-5-14)19-16(20)8-3-13-9-11-18-12-10-13;/h4-7,13,18H,2-3,8-12H2,1H3,(H,19,20);1H. The van der Waals surface area contributed by atoms with E-state index in [0.717, 1.165) is 32.4 Å². The predicted molar refractivity (Wildman–Crippen MR) is 93.1 cm³/mol. The van der Waals surface area contributed by atoms with Crippen LogP contribution in [0.1, 0.15) is 43.0 Å². The van der Waals surface area contributed by atoms with Gasteiger partial charge in [-0.2, -0.15) is 0 Å². The molecule has 0 aliphatic carbocycles. The first-order valence-corrected chi connectivity index (χ1v) is 7.96. The maximum atomic E-state index is 12.0. The van der Waals surface area contributed by atoms with Gasteiger partial charge in [0.05, 0.1) is 12.2 Å². The van der Waals surface area contributed by atoms with Gasteiger partial charge < -0.3 is 15.4 Å². The van der Waals surface area contributed by atoms with E-state index in [9.17, 15) is 9.59 Å². The van der Waals surface area contributed by atoms with Crippen LogP contribution in [-0.4, -0.2) is 31.6 Å². The quantitative estimate of drug-likeness (QED) is 0.781. The molecule has 0 saturated carbocycles. The second kappa shape index (κ2) is 10.2. The molecular weight excluding hydrogens is 316 g/mol. The molecule has 1 aromatic rings. The zero-order valence-electron chi connectivity index (χ0n) is 13.5. The summed E-state index contributed by atoms with van der Waals surface area (Å²) in [6.07, 6.45) is 3.79. The van der Waals surface area contributed by atoms with Crippen LogP contribution in [0.4, 0.5) is 5.69 Å². The van der Waals surface area contributed by atoms with Crippen molar-refractivity contribution in [3.63, 3.8) is 0 Å². The highest BCUT2D eigenvalue weighted by Gasteiger charge is 2.14. The highest BCUT2D eigenvalue weighted by atomic mass is 35.5. The number of ether oxygens (including phenoxy) is 1. The number of halogens is 1. The lowest BCUT2D eigenvalue weighted by atomic mass is 9.93. The molecule has 1 fully saturated rings. The molecule has 0 atom stereocenters. The van der Waals surface area contributed by atoms with Gasteiger partial charge in [0.1, 0.15) is 0 Å². The zero-order valence-corrected chi connectivity index (χ0v) is 14.3. The Morgan fingerprint density at radius 3 is 2.48 bits per heavy atom. The fraction of sp³-hybridized carbons (Fsp3) is 0.529. The van der Waals surface area contributed by atoms with Gasteiger partial charge in [-0.15, -0.1) is 12.4 Å². The third kappa shape index (κ3) is 6.59. The number of hydrogen-bond donors (Lipinski definition) is 2. The first-order valence-electron chi connectivity index (χ1n) is 7.96. The number of rotatable bonds is 6. The van der Waals surface area contributed by atoms with Crippen LogP contribution >= 0.6 is 12.4 Å². The van der Waals surface area contributed by atoms with E-state index in [1.165, 1.54) is 0 Å². The Morgan fingerprint density at radius 1 is 1.22 bits per heavy atom. The van der Waals surface area contributed by atoms with Gasteiger partial charge in [0.2, 0.25) is 5.91 Å². The molecule has 0 radical (unpaired) electrons. The SMILES string of the molecule is CCOC(=O)c1ccc(NC(=O)CCC2CCNCC2)cc1.Cl. The van der Waals surface area contributed by atoms with E-state index in [0.29, 0.717) is 30.2 Å². The number of hydrogen-bond acceptors (Lipinski definition) is 4. The van der Waals surface area contributed by atoms with E-state index in [1.807, 2.05) is 0 Å². The van der Waals surface area contributed by atoms with E-state index in [2.05, 4.69) is 10.6 Å². The molecule has 1 aliphatic heterocycles. The lowest BCUT2D eigenvalue weighted by Crippen LogP contribution is -2.28. The number of piperidine rings is 1. The average Bonchev–Trinajstić information content (AvgIpc) is 2.55. The highest BCUT2D eigenvalue weighted by molar-refractivity contribution is 5.93. The maximum Gasteiger partial charge on any atom is 0.338 e. The number of carbonyl (C=O) groups is 2. The maximum absolute atomic E-state index is 12.0. The number of nitrogens with one attached hydrogen (secondary N) is 2. The van der Waals surface area contributed by atoms with E-state index in [1.54, 1.807) is 31.2 Å². The van der Waals surface area contributed by atoms with Gasteiger partial charge in [0.15, 0.2) is 0 Å². The molecule has 1 saturated heterocycles. The van der Waals surface area contributed by atoms with E-state index in [-0.39, 0.29) is 24.3 Å². The fourth-order valence-electron chi connectivity index (χ4n) is 2.63. The van der Waals surface area contributed by atoms with Crippen LogP contribution in [-0.2, 0) is 9.53 Å². The molecular formula is C17H25ClN2O3. The van der Waals surface area contributed by atoms with E-state index < -0.39 is 0 Å². The number of amides is 1. The van der Waals surface area contributed by atoms with E-state index in [4.69, 9.17) is 4.74 Å². The topological polar surface area (TPSA) is 67.4 Å². The predicted octanol–water partition coefficient (Wildman–Crippen LogP) is 3.00. The summed E-state index contributed by atoms with van der Waals surface area (Å²) < 4.78 is 4.92. The molecule has 1 aromatic carbocycles. The average molecular weight is 341 g/mol. The molecule has 1 heterocycles. The Balaban J connectivity index is 0.00000264. The summed E-state index contributed by atoms with van der Waals surface area (Å²) in [5, 5.41) is 6.20. The smallest absolute Gasteiger partial charge is 0.338 e. The third-order valence-electron chi connectivity index (χ3n) is 3.92. The molecule has 0 unspecified atom stereocenters. The largest absolute Gasteiger partial charge is 0.462 e. The van der Waals surface area contributed by atoms with Gasteiger partial charge in [0, 0.05) is 12.1 Å². The molecule has 1 aliphatic rings. The summed E-state index contributed by atoms with van der Waals surface area (Å²) in [6, 6.07) is 6.80. The minimum atomic E-state index is -0.341. The van der Waals surface area contributed by atoms with Crippen molar-refractivity contribution in [2.75, 3.05) is 25.0 Å². The number of carbonyl (C=O) groups excluding carboxylic acids is 2. The van der Waals surface area contributed by atoms with Gasteiger partial charge in [-0.05, 0) is 69.5 Å². The van der Waals surface area contributed by atoms with Crippen molar-refractivity contribution < 1.29 is 14.3 Å². The lowest BCUT2D eigenvalue weighted by Gasteiger charge is -2.22. The Hall–Kier alpha value is -1.59. The second-order valence-corrected chi connectivity index (χ2v) is 5.58. The van der Waals surface area contributed by atoms with Crippen LogP contribution in [0.2, 0.25) is 0 Å². The lowest BCUT2D eigenvalue weighted by molar-refractivity contribution is -0.116. The minimum absolute atomic E-state index is 0. The van der Waals surface area contributed by atoms with Crippen LogP contribution < -0.4 is 10.6 Å². The van der Waals surface area contributed by atoms with Crippen molar-refractivity contribution in [1.82, 2.24) is 5.32 Å². The summed E-state index contributed by atoms with van der Waals surface area (Å²) >= 11 is 0. The molecule has 2 N–H and O–H groups in total. The summed E-state index contributed by atoms with van der Waals surface area (Å²) in [6.45, 7) is 4.24. The van der Waals surface area contributed by atoms with Crippen molar-refractivity contribution >= 4 is 30.0 Å². The second-order valence-electron chi connectivity index (χ2n) is 5.58. The summed E-state index contributed by atoms with van der Waals surface area (Å²) in [5.74, 6) is 0.340. The summed E-state index contributed by atoms with van der Waals surface area (Å²) in [5.41, 5.74) is 1.21. The van der Waals surface area contributed by atoms with Crippen molar-refractivity contribution in [3.05, 3.63) is 29.8 Å². The van der Waals surface area contributed by atoms with Crippen LogP contribution in [0.5, 0.6) is 0 Å². The first-order chi connectivity index (χ1) is 10.7. The van der Waals surface area contributed by atoms with Gasteiger partial charge in [-0.25, -0.2) is 4.79 Å². The Kier molecular flexibility index (Phi) is 8.66. The normalized spacial score (nSPS) is 14.7. The summed E-state index contributed by atoms with van der Waals surface area (Å²) in [4.78, 5) is 23.5. The van der Waals surface area contributed by atoms with Crippen LogP contribution in [0, 0.1) is 5.92 Å².